The molecule has 6 nitrogen and oxygen atoms in total. The summed E-state index contributed by atoms with van der Waals surface area (Å²) in [7, 11) is 0. The Kier molecular flexibility index (Phi) is 3.72. The van der Waals surface area contributed by atoms with Gasteiger partial charge in [0.25, 0.3) is 0 Å². The lowest BCUT2D eigenvalue weighted by molar-refractivity contribution is 0.0572. The molecule has 0 bridgehead atoms. The number of β-amino-alcohol motifs (C(OH)–C–C–N with tert-alkyl or cyclic N) is 2. The molecule has 18 heavy (non-hydrogen) atoms. The molecule has 1 aromatic carbocycles. The van der Waals surface area contributed by atoms with Gasteiger partial charge in [0.05, 0.1) is 18.8 Å². The van der Waals surface area contributed by atoms with Crippen molar-refractivity contribution in [1.29, 1.82) is 0 Å². The predicted octanol–water partition coefficient (Wildman–Crippen LogP) is -1.16. The Morgan fingerprint density at radius 3 is 2.44 bits per heavy atom. The maximum Gasteiger partial charge on any atom is 0.104 e. The van der Waals surface area contributed by atoms with Crippen LogP contribution in [0.1, 0.15) is 11.7 Å². The molecule has 6 heteroatoms. The normalized spacial score (nSPS) is 25.4. The van der Waals surface area contributed by atoms with Crippen LogP contribution in [-0.2, 0) is 0 Å². The highest BCUT2D eigenvalue weighted by molar-refractivity contribution is 5.60. The number of hydrogen-bond donors (Lipinski definition) is 5. The first-order valence-corrected chi connectivity index (χ1v) is 5.82. The summed E-state index contributed by atoms with van der Waals surface area (Å²) in [5.41, 5.74) is 7.34. The van der Waals surface area contributed by atoms with Crippen molar-refractivity contribution in [3.63, 3.8) is 0 Å². The maximum atomic E-state index is 9.63. The lowest BCUT2D eigenvalue weighted by Crippen LogP contribution is -2.22. The first-order valence-electron chi connectivity index (χ1n) is 5.82. The van der Waals surface area contributed by atoms with E-state index in [9.17, 15) is 15.3 Å². The van der Waals surface area contributed by atoms with E-state index in [0.29, 0.717) is 24.3 Å². The zero-order chi connectivity index (χ0) is 13.3. The molecule has 0 spiro atoms. The molecule has 0 aliphatic carbocycles. The second-order valence-electron chi connectivity index (χ2n) is 4.55. The molecular formula is C12H18N2O4. The highest BCUT2D eigenvalue weighted by Crippen LogP contribution is 2.28. The van der Waals surface area contributed by atoms with E-state index in [4.69, 9.17) is 10.8 Å². The fourth-order valence-corrected chi connectivity index (χ4v) is 2.13. The Balaban J connectivity index is 2.25. The Bertz CT molecular complexity index is 417. The van der Waals surface area contributed by atoms with Gasteiger partial charge in [-0.15, -0.1) is 0 Å². The van der Waals surface area contributed by atoms with Gasteiger partial charge in [0.15, 0.2) is 0 Å². The number of hydrogen-bond acceptors (Lipinski definition) is 6. The Hall–Kier alpha value is -1.34. The molecule has 0 amide bonds. The van der Waals surface area contributed by atoms with Gasteiger partial charge in [-0.05, 0) is 18.2 Å². The van der Waals surface area contributed by atoms with E-state index in [0.717, 1.165) is 5.69 Å². The van der Waals surface area contributed by atoms with Gasteiger partial charge >= 0.3 is 0 Å². The third-order valence-electron chi connectivity index (χ3n) is 3.23. The molecule has 1 fully saturated rings. The smallest absolute Gasteiger partial charge is 0.104 e. The van der Waals surface area contributed by atoms with Crippen LogP contribution in [0.3, 0.4) is 0 Å². The van der Waals surface area contributed by atoms with Crippen LogP contribution in [0.4, 0.5) is 11.4 Å². The molecular weight excluding hydrogens is 236 g/mol. The fourth-order valence-electron chi connectivity index (χ4n) is 2.13. The quantitative estimate of drug-likeness (QED) is 0.435. The number of aliphatic hydroxyl groups is 4. The third-order valence-corrected chi connectivity index (χ3v) is 3.23. The summed E-state index contributed by atoms with van der Waals surface area (Å²) in [4.78, 5) is 1.81. The number of nitrogen functional groups attached to an aromatic ring is 1. The number of benzene rings is 1. The summed E-state index contributed by atoms with van der Waals surface area (Å²) in [5, 5.41) is 37.6. The number of nitrogens with two attached hydrogens (primary N) is 1. The van der Waals surface area contributed by atoms with Crippen molar-refractivity contribution in [2.75, 3.05) is 30.3 Å². The summed E-state index contributed by atoms with van der Waals surface area (Å²) in [6.45, 7) is 0.262. The van der Waals surface area contributed by atoms with Crippen LogP contribution < -0.4 is 10.6 Å². The van der Waals surface area contributed by atoms with Gasteiger partial charge in [0, 0.05) is 30.0 Å². The molecule has 1 aliphatic heterocycles. The summed E-state index contributed by atoms with van der Waals surface area (Å²) < 4.78 is 0. The minimum absolute atomic E-state index is 0.333. The molecule has 2 rings (SSSR count). The molecule has 1 saturated heterocycles. The first-order chi connectivity index (χ1) is 8.52. The summed E-state index contributed by atoms with van der Waals surface area (Å²) in [6.07, 6.45) is -2.56. The van der Waals surface area contributed by atoms with Crippen LogP contribution >= 0.6 is 0 Å². The summed E-state index contributed by atoms with van der Waals surface area (Å²) in [6, 6.07) is 5.06. The zero-order valence-corrected chi connectivity index (χ0v) is 9.90. The first kappa shape index (κ1) is 13.1. The number of rotatable bonds is 3. The molecule has 3 unspecified atom stereocenters. The Labute approximate surface area is 105 Å². The average molecular weight is 254 g/mol. The van der Waals surface area contributed by atoms with Gasteiger partial charge in [-0.25, -0.2) is 0 Å². The van der Waals surface area contributed by atoms with Crippen LogP contribution in [0.5, 0.6) is 0 Å². The molecule has 1 aliphatic rings. The van der Waals surface area contributed by atoms with E-state index in [1.165, 1.54) is 0 Å². The van der Waals surface area contributed by atoms with Crippen molar-refractivity contribution < 1.29 is 20.4 Å². The molecule has 1 heterocycles. The lowest BCUT2D eigenvalue weighted by atomic mass is 10.1. The van der Waals surface area contributed by atoms with Gasteiger partial charge in [0.1, 0.15) is 6.10 Å². The number of aliphatic hydroxyl groups excluding tert-OH is 4. The molecule has 0 radical (unpaired) electrons. The Morgan fingerprint density at radius 2 is 1.89 bits per heavy atom. The SMILES string of the molecule is Nc1ccc(N2CC(O)C(O)C2)cc1C(O)CO. The second-order valence-corrected chi connectivity index (χ2v) is 4.55. The van der Waals surface area contributed by atoms with Crippen LogP contribution in [0.2, 0.25) is 0 Å². The monoisotopic (exact) mass is 254 g/mol. The minimum Gasteiger partial charge on any atom is -0.398 e. The second kappa shape index (κ2) is 5.11. The molecule has 1 aromatic rings. The van der Waals surface area contributed by atoms with Crippen molar-refractivity contribution in [2.24, 2.45) is 0 Å². The third kappa shape index (κ3) is 2.41. The van der Waals surface area contributed by atoms with Crippen LogP contribution in [0.25, 0.3) is 0 Å². The molecule has 3 atom stereocenters. The molecule has 0 saturated carbocycles. The van der Waals surface area contributed by atoms with E-state index >= 15 is 0 Å². The highest BCUT2D eigenvalue weighted by atomic mass is 16.3. The average Bonchev–Trinajstić information content (AvgIpc) is 2.69. The van der Waals surface area contributed by atoms with E-state index in [2.05, 4.69) is 0 Å². The number of nitrogens with zero attached hydrogens (tertiary/aromatic N) is 1. The lowest BCUT2D eigenvalue weighted by Gasteiger charge is -2.20. The van der Waals surface area contributed by atoms with Gasteiger partial charge < -0.3 is 31.1 Å². The van der Waals surface area contributed by atoms with E-state index in [1.807, 2.05) is 4.90 Å². The van der Waals surface area contributed by atoms with Crippen molar-refractivity contribution in [3.8, 4) is 0 Å². The van der Waals surface area contributed by atoms with Crippen LogP contribution in [0.15, 0.2) is 18.2 Å². The number of anilines is 2. The fraction of sp³-hybridized carbons (Fsp3) is 0.500. The standard InChI is InChI=1S/C12H18N2O4/c13-9-2-1-7(3-8(9)12(18)6-15)14-4-10(16)11(17)5-14/h1-3,10-12,15-18H,4-6,13H2. The Morgan fingerprint density at radius 1 is 1.28 bits per heavy atom. The van der Waals surface area contributed by atoms with Crippen LogP contribution in [-0.4, -0.2) is 52.3 Å². The van der Waals surface area contributed by atoms with Crippen LogP contribution in [0, 0.1) is 0 Å². The van der Waals surface area contributed by atoms with Crippen molar-refractivity contribution in [2.45, 2.75) is 18.3 Å². The predicted molar refractivity (Wildman–Crippen MR) is 67.1 cm³/mol. The molecule has 100 valence electrons. The van der Waals surface area contributed by atoms with E-state index in [1.54, 1.807) is 18.2 Å². The van der Waals surface area contributed by atoms with Crippen molar-refractivity contribution in [3.05, 3.63) is 23.8 Å². The van der Waals surface area contributed by atoms with E-state index < -0.39 is 24.9 Å². The minimum atomic E-state index is -1.03. The molecule has 6 N–H and O–H groups in total. The zero-order valence-electron chi connectivity index (χ0n) is 9.90. The van der Waals surface area contributed by atoms with E-state index in [-0.39, 0.29) is 0 Å². The van der Waals surface area contributed by atoms with Crippen molar-refractivity contribution >= 4 is 11.4 Å². The summed E-state index contributed by atoms with van der Waals surface area (Å²) in [5.74, 6) is 0. The van der Waals surface area contributed by atoms with Gasteiger partial charge in [-0.2, -0.15) is 0 Å². The van der Waals surface area contributed by atoms with Crippen molar-refractivity contribution in [1.82, 2.24) is 0 Å². The highest BCUT2D eigenvalue weighted by Gasteiger charge is 2.30. The maximum absolute atomic E-state index is 9.63. The van der Waals surface area contributed by atoms with Gasteiger partial charge in [-0.1, -0.05) is 0 Å². The molecule has 0 aromatic heterocycles. The largest absolute Gasteiger partial charge is 0.398 e. The van der Waals surface area contributed by atoms with Gasteiger partial charge in [-0.3, -0.25) is 0 Å². The summed E-state index contributed by atoms with van der Waals surface area (Å²) >= 11 is 0. The van der Waals surface area contributed by atoms with Gasteiger partial charge in [0.2, 0.25) is 0 Å². The topological polar surface area (TPSA) is 110 Å².